The Bertz CT molecular complexity index is 773. The van der Waals surface area contributed by atoms with E-state index in [2.05, 4.69) is 15.2 Å². The highest BCUT2D eigenvalue weighted by Crippen LogP contribution is 2.19. The first-order valence-corrected chi connectivity index (χ1v) is 5.94. The van der Waals surface area contributed by atoms with Gasteiger partial charge in [-0.1, -0.05) is 12.1 Å². The number of hydrogen-bond donors (Lipinski definition) is 1. The predicted molar refractivity (Wildman–Crippen MR) is 72.8 cm³/mol. The molecule has 0 aliphatic carbocycles. The van der Waals surface area contributed by atoms with Crippen molar-refractivity contribution in [3.05, 3.63) is 48.5 Å². The second-order valence-corrected chi connectivity index (χ2v) is 4.34. The number of hydrogen-bond acceptors (Lipinski definition) is 5. The quantitative estimate of drug-likeness (QED) is 0.747. The van der Waals surface area contributed by atoms with E-state index in [-0.39, 0.29) is 11.9 Å². The molecule has 0 saturated heterocycles. The van der Waals surface area contributed by atoms with Crippen LogP contribution in [0.3, 0.4) is 0 Å². The summed E-state index contributed by atoms with van der Waals surface area (Å²) in [6, 6.07) is 7.25. The fourth-order valence-electron chi connectivity index (χ4n) is 1.91. The molecule has 0 atom stereocenters. The van der Waals surface area contributed by atoms with Crippen LogP contribution in [0.5, 0.6) is 0 Å². The van der Waals surface area contributed by atoms with E-state index in [0.717, 1.165) is 15.8 Å². The molecule has 1 aromatic carbocycles. The second kappa shape index (κ2) is 4.61. The van der Waals surface area contributed by atoms with Gasteiger partial charge in [0.2, 0.25) is 5.95 Å². The monoisotopic (exact) mass is 268 g/mol. The van der Waals surface area contributed by atoms with Gasteiger partial charge in [-0.05, 0) is 17.7 Å². The summed E-state index contributed by atoms with van der Waals surface area (Å²) in [5.74, 6) is -0.207. The third kappa shape index (κ3) is 2.16. The zero-order valence-corrected chi connectivity index (χ0v) is 10.8. The first-order chi connectivity index (χ1) is 9.63. The maximum Gasteiger partial charge on any atom is 0.279 e. The third-order valence-corrected chi connectivity index (χ3v) is 2.87. The largest absolute Gasteiger partial charge is 0.366 e. The number of anilines is 1. The van der Waals surface area contributed by atoms with Gasteiger partial charge in [0.1, 0.15) is 6.33 Å². The molecular formula is C13H12N6O. The van der Waals surface area contributed by atoms with Gasteiger partial charge in [-0.3, -0.25) is 9.48 Å². The molecule has 0 amide bonds. The first kappa shape index (κ1) is 12.1. The van der Waals surface area contributed by atoms with Crippen molar-refractivity contribution in [2.24, 2.45) is 7.05 Å². The lowest BCUT2D eigenvalue weighted by molar-refractivity contribution is 0.0945. The van der Waals surface area contributed by atoms with Crippen LogP contribution in [-0.2, 0) is 7.05 Å². The summed E-state index contributed by atoms with van der Waals surface area (Å²) in [6.07, 6.45) is 4.93. The van der Waals surface area contributed by atoms with Gasteiger partial charge < -0.3 is 5.73 Å². The van der Waals surface area contributed by atoms with Crippen molar-refractivity contribution >= 4 is 11.9 Å². The molecule has 0 unspecified atom stereocenters. The summed E-state index contributed by atoms with van der Waals surface area (Å²) in [4.78, 5) is 16.0. The van der Waals surface area contributed by atoms with Gasteiger partial charge in [0, 0.05) is 24.4 Å². The maximum atomic E-state index is 12.2. The highest BCUT2D eigenvalue weighted by molar-refractivity contribution is 5.96. The van der Waals surface area contributed by atoms with E-state index in [1.807, 2.05) is 25.4 Å². The Kier molecular flexibility index (Phi) is 2.79. The van der Waals surface area contributed by atoms with Gasteiger partial charge in [0.15, 0.2) is 0 Å². The minimum Gasteiger partial charge on any atom is -0.366 e. The van der Waals surface area contributed by atoms with Crippen LogP contribution in [0.15, 0.2) is 43.0 Å². The molecule has 2 heterocycles. The average Bonchev–Trinajstić information content (AvgIpc) is 3.07. The van der Waals surface area contributed by atoms with Crippen molar-refractivity contribution in [2.45, 2.75) is 0 Å². The molecule has 20 heavy (non-hydrogen) atoms. The number of rotatable bonds is 2. The molecule has 100 valence electrons. The Labute approximate surface area is 114 Å². The van der Waals surface area contributed by atoms with Crippen LogP contribution in [0.25, 0.3) is 11.1 Å². The summed E-state index contributed by atoms with van der Waals surface area (Å²) in [7, 11) is 1.84. The SMILES string of the molecule is Cn1cc(-c2cccc(C(=O)n3cnc(N)n3)c2)cn1. The van der Waals surface area contributed by atoms with Crippen LogP contribution in [0.4, 0.5) is 5.95 Å². The summed E-state index contributed by atoms with van der Waals surface area (Å²) in [6.45, 7) is 0. The Morgan fingerprint density at radius 1 is 1.30 bits per heavy atom. The molecule has 3 aromatic rings. The second-order valence-electron chi connectivity index (χ2n) is 4.34. The fourth-order valence-corrected chi connectivity index (χ4v) is 1.91. The molecule has 0 aliphatic heterocycles. The van der Waals surface area contributed by atoms with Gasteiger partial charge >= 0.3 is 0 Å². The van der Waals surface area contributed by atoms with E-state index in [9.17, 15) is 4.79 Å². The van der Waals surface area contributed by atoms with Crippen LogP contribution in [-0.4, -0.2) is 30.5 Å². The number of benzene rings is 1. The Hall–Kier alpha value is -2.96. The van der Waals surface area contributed by atoms with Gasteiger partial charge in [-0.2, -0.15) is 9.78 Å². The highest BCUT2D eigenvalue weighted by Gasteiger charge is 2.11. The van der Waals surface area contributed by atoms with Crippen LogP contribution in [0, 0.1) is 0 Å². The molecule has 2 aromatic heterocycles. The van der Waals surface area contributed by atoms with Gasteiger partial charge in [0.05, 0.1) is 6.20 Å². The van der Waals surface area contributed by atoms with Gasteiger partial charge in [-0.15, -0.1) is 5.10 Å². The summed E-state index contributed by atoms with van der Waals surface area (Å²) in [5.41, 5.74) is 7.78. The van der Waals surface area contributed by atoms with Gasteiger partial charge in [0.25, 0.3) is 5.91 Å². The van der Waals surface area contributed by atoms with E-state index < -0.39 is 0 Å². The summed E-state index contributed by atoms with van der Waals surface area (Å²) >= 11 is 0. The highest BCUT2D eigenvalue weighted by atomic mass is 16.2. The number of aryl methyl sites for hydroxylation is 1. The molecular weight excluding hydrogens is 256 g/mol. The number of carbonyl (C=O) groups is 1. The van der Waals surface area contributed by atoms with Crippen molar-refractivity contribution in [1.82, 2.24) is 24.5 Å². The van der Waals surface area contributed by atoms with Crippen LogP contribution >= 0.6 is 0 Å². The number of carbonyl (C=O) groups excluding carboxylic acids is 1. The molecule has 0 saturated carbocycles. The lowest BCUT2D eigenvalue weighted by Crippen LogP contribution is -2.12. The van der Waals surface area contributed by atoms with Crippen molar-refractivity contribution in [3.8, 4) is 11.1 Å². The lowest BCUT2D eigenvalue weighted by atomic mass is 10.1. The molecule has 2 N–H and O–H groups in total. The van der Waals surface area contributed by atoms with Crippen LogP contribution < -0.4 is 5.73 Å². The molecule has 0 spiro atoms. The van der Waals surface area contributed by atoms with E-state index in [1.54, 1.807) is 23.0 Å². The summed E-state index contributed by atoms with van der Waals surface area (Å²) < 4.78 is 2.83. The normalized spacial score (nSPS) is 10.7. The Morgan fingerprint density at radius 3 is 2.80 bits per heavy atom. The van der Waals surface area contributed by atoms with Crippen molar-refractivity contribution < 1.29 is 4.79 Å². The Balaban J connectivity index is 1.97. The molecule has 7 nitrogen and oxygen atoms in total. The van der Waals surface area contributed by atoms with E-state index >= 15 is 0 Å². The number of nitrogens with zero attached hydrogens (tertiary/aromatic N) is 5. The van der Waals surface area contributed by atoms with Crippen molar-refractivity contribution in [2.75, 3.05) is 5.73 Å². The topological polar surface area (TPSA) is 91.6 Å². The molecule has 3 rings (SSSR count). The Morgan fingerprint density at radius 2 is 2.15 bits per heavy atom. The number of nitrogen functional groups attached to an aromatic ring is 1. The first-order valence-electron chi connectivity index (χ1n) is 5.94. The summed E-state index contributed by atoms with van der Waals surface area (Å²) in [5, 5.41) is 7.93. The van der Waals surface area contributed by atoms with Crippen molar-refractivity contribution in [1.29, 1.82) is 0 Å². The zero-order valence-electron chi connectivity index (χ0n) is 10.8. The van der Waals surface area contributed by atoms with E-state index in [4.69, 9.17) is 5.73 Å². The van der Waals surface area contributed by atoms with E-state index in [0.29, 0.717) is 5.56 Å². The lowest BCUT2D eigenvalue weighted by Gasteiger charge is -2.02. The maximum absolute atomic E-state index is 12.2. The molecule has 0 bridgehead atoms. The average molecular weight is 268 g/mol. The predicted octanol–water partition coefficient (Wildman–Crippen LogP) is 0.949. The van der Waals surface area contributed by atoms with Crippen LogP contribution in [0.1, 0.15) is 10.4 Å². The van der Waals surface area contributed by atoms with Gasteiger partial charge in [-0.25, -0.2) is 4.98 Å². The van der Waals surface area contributed by atoms with E-state index in [1.165, 1.54) is 6.33 Å². The molecule has 0 radical (unpaired) electrons. The van der Waals surface area contributed by atoms with Crippen molar-refractivity contribution in [3.63, 3.8) is 0 Å². The van der Waals surface area contributed by atoms with Crippen LogP contribution in [0.2, 0.25) is 0 Å². The smallest absolute Gasteiger partial charge is 0.279 e. The minimum atomic E-state index is -0.278. The third-order valence-electron chi connectivity index (χ3n) is 2.87. The molecule has 7 heteroatoms. The number of aromatic nitrogens is 5. The fraction of sp³-hybridized carbons (Fsp3) is 0.0769. The minimum absolute atomic E-state index is 0.0711. The molecule has 0 aliphatic rings. The standard InChI is InChI=1S/C13H12N6O/c1-18-7-11(6-16-18)9-3-2-4-10(5-9)12(20)19-8-15-13(14)17-19/h2-8H,1H3,(H2,14,17). The number of nitrogens with two attached hydrogens (primary N) is 1. The molecule has 0 fully saturated rings. The zero-order chi connectivity index (χ0) is 14.1.